The van der Waals surface area contributed by atoms with Crippen molar-refractivity contribution in [3.8, 4) is 0 Å². The molecule has 0 aromatic heterocycles. The number of rotatable bonds is 8. The van der Waals surface area contributed by atoms with Crippen molar-refractivity contribution in [3.05, 3.63) is 0 Å². The standard InChI is InChI=1S/C14H29NO3S/c1-4-14(5-2,15-10-6-7-11-15)13(16)9-8-12-19(3,17)18/h13,16H,4-12H2,1-3H3. The van der Waals surface area contributed by atoms with E-state index in [0.29, 0.717) is 12.8 Å². The molecule has 0 spiro atoms. The molecule has 5 heteroatoms. The summed E-state index contributed by atoms with van der Waals surface area (Å²) in [5.74, 6) is 0.174. The summed E-state index contributed by atoms with van der Waals surface area (Å²) in [7, 11) is -2.92. The van der Waals surface area contributed by atoms with Crippen LogP contribution in [0, 0.1) is 0 Å². The molecule has 0 radical (unpaired) electrons. The van der Waals surface area contributed by atoms with Crippen LogP contribution in [0.1, 0.15) is 52.4 Å². The minimum atomic E-state index is -2.92. The van der Waals surface area contributed by atoms with Crippen LogP contribution in [0.3, 0.4) is 0 Å². The predicted molar refractivity (Wildman–Crippen MR) is 79.1 cm³/mol. The smallest absolute Gasteiger partial charge is 0.147 e. The lowest BCUT2D eigenvalue weighted by atomic mass is 9.82. The average Bonchev–Trinajstić information content (AvgIpc) is 2.84. The Morgan fingerprint density at radius 2 is 1.74 bits per heavy atom. The second kappa shape index (κ2) is 7.04. The van der Waals surface area contributed by atoms with Crippen molar-refractivity contribution in [3.63, 3.8) is 0 Å². The fraction of sp³-hybridized carbons (Fsp3) is 1.00. The molecular formula is C14H29NO3S. The predicted octanol–water partition coefficient (Wildman–Crippen LogP) is 1.83. The molecule has 0 aromatic rings. The maximum atomic E-state index is 11.2. The zero-order chi connectivity index (χ0) is 14.5. The first-order valence-corrected chi connectivity index (χ1v) is 9.52. The second-order valence-electron chi connectivity index (χ2n) is 5.79. The van der Waals surface area contributed by atoms with Crippen molar-refractivity contribution in [2.75, 3.05) is 25.1 Å². The maximum absolute atomic E-state index is 11.2. The summed E-state index contributed by atoms with van der Waals surface area (Å²) >= 11 is 0. The number of sulfone groups is 1. The average molecular weight is 291 g/mol. The summed E-state index contributed by atoms with van der Waals surface area (Å²) in [4.78, 5) is 2.41. The highest BCUT2D eigenvalue weighted by molar-refractivity contribution is 7.90. The van der Waals surface area contributed by atoms with Gasteiger partial charge in [0.15, 0.2) is 0 Å². The van der Waals surface area contributed by atoms with Crippen molar-refractivity contribution < 1.29 is 13.5 Å². The molecule has 4 nitrogen and oxygen atoms in total. The molecule has 1 aliphatic heterocycles. The molecule has 0 aliphatic carbocycles. The molecule has 1 rings (SSSR count). The molecule has 1 atom stereocenters. The van der Waals surface area contributed by atoms with E-state index in [2.05, 4.69) is 18.7 Å². The number of hydrogen-bond donors (Lipinski definition) is 1. The summed E-state index contributed by atoms with van der Waals surface area (Å²) in [5, 5.41) is 10.6. The van der Waals surface area contributed by atoms with Gasteiger partial charge in [0.05, 0.1) is 6.10 Å². The Kier molecular flexibility index (Phi) is 6.27. The van der Waals surface area contributed by atoms with E-state index in [0.717, 1.165) is 25.9 Å². The van der Waals surface area contributed by atoms with Crippen LogP contribution in [0.2, 0.25) is 0 Å². The Morgan fingerprint density at radius 1 is 1.21 bits per heavy atom. The zero-order valence-corrected chi connectivity index (χ0v) is 13.4. The molecule has 0 amide bonds. The van der Waals surface area contributed by atoms with E-state index >= 15 is 0 Å². The normalized spacial score (nSPS) is 19.8. The Bertz CT molecular complexity index is 357. The van der Waals surface area contributed by atoms with Gasteiger partial charge in [-0.25, -0.2) is 8.42 Å². The fourth-order valence-electron chi connectivity index (χ4n) is 3.35. The van der Waals surface area contributed by atoms with Crippen LogP contribution >= 0.6 is 0 Å². The third-order valence-corrected chi connectivity index (χ3v) is 5.60. The van der Waals surface area contributed by atoms with E-state index in [-0.39, 0.29) is 11.3 Å². The van der Waals surface area contributed by atoms with Gasteiger partial charge in [-0.05, 0) is 51.6 Å². The van der Waals surface area contributed by atoms with Crippen LogP contribution in [0.25, 0.3) is 0 Å². The summed E-state index contributed by atoms with van der Waals surface area (Å²) in [6, 6.07) is 0. The molecule has 0 aromatic carbocycles. The van der Waals surface area contributed by atoms with Crippen molar-refractivity contribution in [1.29, 1.82) is 0 Å². The van der Waals surface area contributed by atoms with E-state index in [4.69, 9.17) is 0 Å². The highest BCUT2D eigenvalue weighted by atomic mass is 32.2. The second-order valence-corrected chi connectivity index (χ2v) is 8.05. The lowest BCUT2D eigenvalue weighted by Gasteiger charge is -2.44. The van der Waals surface area contributed by atoms with Gasteiger partial charge in [0.1, 0.15) is 9.84 Å². The number of hydrogen-bond acceptors (Lipinski definition) is 4. The molecule has 114 valence electrons. The van der Waals surface area contributed by atoms with E-state index < -0.39 is 15.9 Å². The molecule has 1 heterocycles. The Morgan fingerprint density at radius 3 is 2.16 bits per heavy atom. The maximum Gasteiger partial charge on any atom is 0.147 e. The number of aliphatic hydroxyl groups excluding tert-OH is 1. The molecule has 1 saturated heterocycles. The van der Waals surface area contributed by atoms with Gasteiger partial charge in [-0.1, -0.05) is 13.8 Å². The van der Waals surface area contributed by atoms with Gasteiger partial charge in [-0.3, -0.25) is 4.90 Å². The van der Waals surface area contributed by atoms with Gasteiger partial charge < -0.3 is 5.11 Å². The molecule has 1 fully saturated rings. The minimum Gasteiger partial charge on any atom is -0.391 e. The number of nitrogens with zero attached hydrogens (tertiary/aromatic N) is 1. The Hall–Kier alpha value is -0.130. The number of aliphatic hydroxyl groups is 1. The molecular weight excluding hydrogens is 262 g/mol. The van der Waals surface area contributed by atoms with Crippen LogP contribution < -0.4 is 0 Å². The fourth-order valence-corrected chi connectivity index (χ4v) is 4.04. The van der Waals surface area contributed by atoms with Gasteiger partial charge in [-0.2, -0.15) is 0 Å². The van der Waals surface area contributed by atoms with Crippen LogP contribution in [0.4, 0.5) is 0 Å². The van der Waals surface area contributed by atoms with Gasteiger partial charge in [-0.15, -0.1) is 0 Å². The molecule has 1 aliphatic rings. The van der Waals surface area contributed by atoms with Crippen molar-refractivity contribution >= 4 is 9.84 Å². The van der Waals surface area contributed by atoms with Gasteiger partial charge >= 0.3 is 0 Å². The zero-order valence-electron chi connectivity index (χ0n) is 12.6. The van der Waals surface area contributed by atoms with Crippen molar-refractivity contribution in [2.24, 2.45) is 0 Å². The monoisotopic (exact) mass is 291 g/mol. The molecule has 19 heavy (non-hydrogen) atoms. The summed E-state index contributed by atoms with van der Waals surface area (Å²) < 4.78 is 22.3. The van der Waals surface area contributed by atoms with Gasteiger partial charge in [0.2, 0.25) is 0 Å². The first-order chi connectivity index (χ1) is 8.85. The molecule has 1 unspecified atom stereocenters. The van der Waals surface area contributed by atoms with E-state index in [1.807, 2.05) is 0 Å². The lowest BCUT2D eigenvalue weighted by Crippen LogP contribution is -2.55. The highest BCUT2D eigenvalue weighted by Crippen LogP contribution is 2.33. The third-order valence-electron chi connectivity index (χ3n) is 4.57. The Balaban J connectivity index is 2.64. The van der Waals surface area contributed by atoms with Crippen LogP contribution in [-0.2, 0) is 9.84 Å². The van der Waals surface area contributed by atoms with E-state index in [1.165, 1.54) is 19.1 Å². The topological polar surface area (TPSA) is 57.6 Å². The highest BCUT2D eigenvalue weighted by Gasteiger charge is 2.40. The van der Waals surface area contributed by atoms with E-state index in [1.54, 1.807) is 0 Å². The Labute approximate surface area is 118 Å². The van der Waals surface area contributed by atoms with E-state index in [9.17, 15) is 13.5 Å². The van der Waals surface area contributed by atoms with Crippen LogP contribution in [-0.4, -0.2) is 55.2 Å². The van der Waals surface area contributed by atoms with Crippen molar-refractivity contribution in [2.45, 2.75) is 64.0 Å². The summed E-state index contributed by atoms with van der Waals surface area (Å²) in [5.41, 5.74) is -0.159. The molecule has 0 saturated carbocycles. The van der Waals surface area contributed by atoms with Crippen molar-refractivity contribution in [1.82, 2.24) is 4.90 Å². The lowest BCUT2D eigenvalue weighted by molar-refractivity contribution is -0.0317. The SMILES string of the molecule is CCC(CC)(C(O)CCCS(C)(=O)=O)N1CCCC1. The van der Waals surface area contributed by atoms with Crippen LogP contribution in [0.5, 0.6) is 0 Å². The molecule has 1 N–H and O–H groups in total. The third kappa shape index (κ3) is 4.43. The number of likely N-dealkylation sites (tertiary alicyclic amines) is 1. The first kappa shape index (κ1) is 16.9. The van der Waals surface area contributed by atoms with Gasteiger partial charge in [0.25, 0.3) is 0 Å². The summed E-state index contributed by atoms with van der Waals surface area (Å²) in [6.07, 6.45) is 6.21. The first-order valence-electron chi connectivity index (χ1n) is 7.46. The van der Waals surface area contributed by atoms with Gasteiger partial charge in [0, 0.05) is 17.5 Å². The molecule has 0 bridgehead atoms. The quantitative estimate of drug-likeness (QED) is 0.741. The minimum absolute atomic E-state index is 0.159. The van der Waals surface area contributed by atoms with Crippen LogP contribution in [0.15, 0.2) is 0 Å². The summed E-state index contributed by atoms with van der Waals surface area (Å²) in [6.45, 7) is 6.37. The largest absolute Gasteiger partial charge is 0.391 e.